The number of hydrogen-bond acceptors (Lipinski definition) is 2. The molecule has 3 nitrogen and oxygen atoms in total. The second-order valence-electron chi connectivity index (χ2n) is 4.49. The molecule has 1 N–H and O–H groups in total. The fraction of sp³-hybridized carbons (Fsp3) is 0.462. The van der Waals surface area contributed by atoms with E-state index in [9.17, 15) is 4.79 Å². The van der Waals surface area contributed by atoms with Crippen molar-refractivity contribution >= 4 is 29.1 Å². The molecule has 0 atom stereocenters. The molecule has 1 aromatic rings. The van der Waals surface area contributed by atoms with Crippen LogP contribution in [0.15, 0.2) is 18.2 Å². The van der Waals surface area contributed by atoms with Crippen molar-refractivity contribution in [3.05, 3.63) is 29.3 Å². The van der Waals surface area contributed by atoms with E-state index < -0.39 is 5.54 Å². The van der Waals surface area contributed by atoms with E-state index in [4.69, 9.17) is 27.9 Å². The highest BCUT2D eigenvalue weighted by Gasteiger charge is 2.26. The topological polar surface area (TPSA) is 38.3 Å². The van der Waals surface area contributed by atoms with Crippen LogP contribution in [0.1, 0.15) is 22.8 Å². The van der Waals surface area contributed by atoms with Crippen LogP contribution in [-0.2, 0) is 0 Å². The predicted octanol–water partition coefficient (Wildman–Crippen LogP) is 2.97. The van der Waals surface area contributed by atoms with Crippen LogP contribution in [-0.4, -0.2) is 30.3 Å². The van der Waals surface area contributed by atoms with Crippen molar-refractivity contribution in [2.45, 2.75) is 19.4 Å². The maximum absolute atomic E-state index is 12.2. The summed E-state index contributed by atoms with van der Waals surface area (Å²) < 4.78 is 5.18. The molecule has 1 rings (SSSR count). The lowest BCUT2D eigenvalue weighted by Gasteiger charge is -2.26. The zero-order valence-electron chi connectivity index (χ0n) is 10.7. The number of aryl methyl sites for hydroxylation is 1. The number of amides is 1. The van der Waals surface area contributed by atoms with Gasteiger partial charge in [-0.15, -0.1) is 23.2 Å². The molecule has 0 aromatic heterocycles. The highest BCUT2D eigenvalue weighted by atomic mass is 35.5. The van der Waals surface area contributed by atoms with Gasteiger partial charge in [0.2, 0.25) is 0 Å². The van der Waals surface area contributed by atoms with Gasteiger partial charge in [0.1, 0.15) is 5.75 Å². The van der Waals surface area contributed by atoms with Gasteiger partial charge in [-0.1, -0.05) is 11.6 Å². The molecule has 0 spiro atoms. The average Bonchev–Trinajstić information content (AvgIpc) is 2.38. The van der Waals surface area contributed by atoms with Gasteiger partial charge in [0, 0.05) is 11.8 Å². The second kappa shape index (κ2) is 6.30. The summed E-state index contributed by atoms with van der Waals surface area (Å²) in [6.07, 6.45) is 0. The van der Waals surface area contributed by atoms with Crippen LogP contribution in [0.4, 0.5) is 0 Å². The summed E-state index contributed by atoms with van der Waals surface area (Å²) in [6, 6.07) is 5.43. The molecular weight excluding hydrogens is 273 g/mol. The summed E-state index contributed by atoms with van der Waals surface area (Å²) in [5.74, 6) is 0.788. The maximum atomic E-state index is 12.2. The molecule has 0 fully saturated rings. The number of nitrogens with one attached hydrogen (secondary N) is 1. The van der Waals surface area contributed by atoms with Gasteiger partial charge in [0.25, 0.3) is 5.91 Å². The molecule has 0 saturated carbocycles. The van der Waals surface area contributed by atoms with Crippen LogP contribution in [0.3, 0.4) is 0 Å². The van der Waals surface area contributed by atoms with Crippen LogP contribution in [0.5, 0.6) is 5.75 Å². The lowest BCUT2D eigenvalue weighted by Crippen LogP contribution is -2.49. The van der Waals surface area contributed by atoms with Crippen molar-refractivity contribution in [1.82, 2.24) is 5.32 Å². The Morgan fingerprint density at radius 3 is 2.50 bits per heavy atom. The van der Waals surface area contributed by atoms with E-state index in [1.807, 2.05) is 13.0 Å². The van der Waals surface area contributed by atoms with Crippen LogP contribution in [0.25, 0.3) is 0 Å². The summed E-state index contributed by atoms with van der Waals surface area (Å²) >= 11 is 11.6. The van der Waals surface area contributed by atoms with Gasteiger partial charge in [0.15, 0.2) is 0 Å². The SMILES string of the molecule is COc1ccc(C)cc1C(=O)NC(C)(CCl)CCl. The number of carbonyl (C=O) groups is 1. The maximum Gasteiger partial charge on any atom is 0.255 e. The first-order valence-corrected chi connectivity index (χ1v) is 6.62. The Hall–Kier alpha value is -0.930. The van der Waals surface area contributed by atoms with Crippen molar-refractivity contribution in [2.24, 2.45) is 0 Å². The van der Waals surface area contributed by atoms with Crippen molar-refractivity contribution in [3.8, 4) is 5.75 Å². The van der Waals surface area contributed by atoms with Crippen LogP contribution >= 0.6 is 23.2 Å². The van der Waals surface area contributed by atoms with Crippen molar-refractivity contribution < 1.29 is 9.53 Å². The number of methoxy groups -OCH3 is 1. The summed E-state index contributed by atoms with van der Waals surface area (Å²) in [7, 11) is 1.53. The molecule has 100 valence electrons. The Morgan fingerprint density at radius 1 is 1.39 bits per heavy atom. The number of rotatable bonds is 5. The summed E-state index contributed by atoms with van der Waals surface area (Å²) in [5.41, 5.74) is 0.841. The number of carbonyl (C=O) groups excluding carboxylic acids is 1. The quantitative estimate of drug-likeness (QED) is 0.847. The van der Waals surface area contributed by atoms with E-state index in [1.165, 1.54) is 7.11 Å². The highest BCUT2D eigenvalue weighted by Crippen LogP contribution is 2.21. The van der Waals surface area contributed by atoms with Gasteiger partial charge >= 0.3 is 0 Å². The molecule has 5 heteroatoms. The lowest BCUT2D eigenvalue weighted by atomic mass is 10.1. The monoisotopic (exact) mass is 289 g/mol. The summed E-state index contributed by atoms with van der Waals surface area (Å²) in [6.45, 7) is 3.71. The average molecular weight is 290 g/mol. The Morgan fingerprint density at radius 2 is 2.00 bits per heavy atom. The highest BCUT2D eigenvalue weighted by molar-refractivity contribution is 6.22. The summed E-state index contributed by atoms with van der Waals surface area (Å²) in [5, 5.41) is 2.83. The third kappa shape index (κ3) is 3.53. The molecule has 0 saturated heterocycles. The van der Waals surface area contributed by atoms with Gasteiger partial charge in [-0.2, -0.15) is 0 Å². The number of alkyl halides is 2. The molecule has 1 aromatic carbocycles. The van der Waals surface area contributed by atoms with E-state index >= 15 is 0 Å². The van der Waals surface area contributed by atoms with Crippen LogP contribution in [0, 0.1) is 6.92 Å². The van der Waals surface area contributed by atoms with Gasteiger partial charge in [-0.25, -0.2) is 0 Å². The minimum Gasteiger partial charge on any atom is -0.496 e. The zero-order chi connectivity index (χ0) is 13.8. The summed E-state index contributed by atoms with van der Waals surface area (Å²) in [4.78, 5) is 12.2. The minimum atomic E-state index is -0.630. The van der Waals surface area contributed by atoms with E-state index in [2.05, 4.69) is 5.32 Å². The van der Waals surface area contributed by atoms with Gasteiger partial charge in [-0.05, 0) is 26.0 Å². The smallest absolute Gasteiger partial charge is 0.255 e. The Kier molecular flexibility index (Phi) is 5.29. The zero-order valence-corrected chi connectivity index (χ0v) is 12.2. The molecule has 0 aliphatic heterocycles. The molecule has 0 heterocycles. The van der Waals surface area contributed by atoms with Crippen molar-refractivity contribution in [3.63, 3.8) is 0 Å². The Bertz CT molecular complexity index is 431. The van der Waals surface area contributed by atoms with E-state index in [-0.39, 0.29) is 17.7 Å². The van der Waals surface area contributed by atoms with E-state index in [1.54, 1.807) is 19.1 Å². The molecular formula is C13H17Cl2NO2. The fourth-order valence-electron chi connectivity index (χ4n) is 1.44. The Balaban J connectivity index is 3.00. The molecule has 1 amide bonds. The normalized spacial score (nSPS) is 11.2. The molecule has 0 aliphatic carbocycles. The fourth-order valence-corrected chi connectivity index (χ4v) is 1.86. The van der Waals surface area contributed by atoms with Crippen LogP contribution in [0.2, 0.25) is 0 Å². The number of ether oxygens (including phenoxy) is 1. The largest absolute Gasteiger partial charge is 0.496 e. The third-order valence-electron chi connectivity index (χ3n) is 2.60. The standard InChI is InChI=1S/C13H17Cl2NO2/c1-9-4-5-11(18-3)10(6-9)12(17)16-13(2,7-14)8-15/h4-6H,7-8H2,1-3H3,(H,16,17). The second-order valence-corrected chi connectivity index (χ2v) is 5.02. The Labute approximate surface area is 117 Å². The van der Waals surface area contributed by atoms with Gasteiger partial charge in [-0.3, -0.25) is 4.79 Å². The van der Waals surface area contributed by atoms with Gasteiger partial charge in [0.05, 0.1) is 18.2 Å². The molecule has 18 heavy (non-hydrogen) atoms. The predicted molar refractivity (Wildman–Crippen MR) is 75.0 cm³/mol. The van der Waals surface area contributed by atoms with Crippen LogP contribution < -0.4 is 10.1 Å². The number of hydrogen-bond donors (Lipinski definition) is 1. The van der Waals surface area contributed by atoms with Gasteiger partial charge < -0.3 is 10.1 Å². The lowest BCUT2D eigenvalue weighted by molar-refractivity contribution is 0.0918. The van der Waals surface area contributed by atoms with E-state index in [0.29, 0.717) is 11.3 Å². The number of halogens is 2. The van der Waals surface area contributed by atoms with Crippen molar-refractivity contribution in [1.29, 1.82) is 0 Å². The minimum absolute atomic E-state index is 0.237. The molecule has 0 bridgehead atoms. The van der Waals surface area contributed by atoms with E-state index in [0.717, 1.165) is 5.56 Å². The first-order chi connectivity index (χ1) is 8.45. The first-order valence-electron chi connectivity index (χ1n) is 5.55. The third-order valence-corrected chi connectivity index (χ3v) is 3.78. The molecule has 0 unspecified atom stereocenters. The molecule has 0 aliphatic rings. The number of benzene rings is 1. The molecule has 0 radical (unpaired) electrons. The first kappa shape index (κ1) is 15.1. The van der Waals surface area contributed by atoms with Crippen molar-refractivity contribution in [2.75, 3.05) is 18.9 Å².